The number of nitrogens with zero attached hydrogens (tertiary/aromatic N) is 2. The Morgan fingerprint density at radius 1 is 1.23 bits per heavy atom. The zero-order chi connectivity index (χ0) is 15.4. The third-order valence-corrected chi connectivity index (χ3v) is 4.16. The Bertz CT molecular complexity index is 529. The summed E-state index contributed by atoms with van der Waals surface area (Å²) in [6, 6.07) is 5.86. The van der Waals surface area contributed by atoms with Crippen molar-refractivity contribution in [2.45, 2.75) is 19.5 Å². The van der Waals surface area contributed by atoms with Gasteiger partial charge >= 0.3 is 6.09 Å². The van der Waals surface area contributed by atoms with Gasteiger partial charge < -0.3 is 14.6 Å². The molecular formula is C16H22N2O4. The lowest BCUT2D eigenvalue weighted by atomic mass is 10.1. The van der Waals surface area contributed by atoms with Crippen LogP contribution < -0.4 is 4.74 Å². The number of carboxylic acid groups (broad SMARTS) is 1. The monoisotopic (exact) mass is 306 g/mol. The van der Waals surface area contributed by atoms with E-state index in [9.17, 15) is 4.79 Å². The van der Waals surface area contributed by atoms with E-state index in [1.807, 2.05) is 18.2 Å². The molecule has 22 heavy (non-hydrogen) atoms. The molecule has 1 saturated heterocycles. The highest BCUT2D eigenvalue weighted by molar-refractivity contribution is 5.66. The Morgan fingerprint density at radius 2 is 2.00 bits per heavy atom. The largest absolute Gasteiger partial charge is 0.494 e. The van der Waals surface area contributed by atoms with Crippen LogP contribution in [0.15, 0.2) is 18.2 Å². The Balaban J connectivity index is 1.44. The zero-order valence-corrected chi connectivity index (χ0v) is 12.7. The highest BCUT2D eigenvalue weighted by Gasteiger charge is 2.22. The molecule has 0 radical (unpaired) electrons. The molecule has 1 N–H and O–H groups in total. The second-order valence-corrected chi connectivity index (χ2v) is 5.73. The predicted octanol–water partition coefficient (Wildman–Crippen LogP) is 1.78. The normalized spacial score (nSPS) is 18.3. The molecule has 0 spiro atoms. The van der Waals surface area contributed by atoms with Crippen LogP contribution in [0.2, 0.25) is 0 Å². The van der Waals surface area contributed by atoms with Gasteiger partial charge in [0.05, 0.1) is 19.8 Å². The van der Waals surface area contributed by atoms with Crippen LogP contribution in [-0.2, 0) is 17.8 Å². The molecule has 120 valence electrons. The van der Waals surface area contributed by atoms with E-state index < -0.39 is 6.09 Å². The molecule has 0 unspecified atom stereocenters. The third-order valence-electron chi connectivity index (χ3n) is 4.16. The average Bonchev–Trinajstić information content (AvgIpc) is 2.96. The maximum absolute atomic E-state index is 11.0. The van der Waals surface area contributed by atoms with E-state index >= 15 is 0 Å². The van der Waals surface area contributed by atoms with E-state index in [1.165, 1.54) is 4.90 Å². The van der Waals surface area contributed by atoms with Crippen LogP contribution in [-0.4, -0.2) is 60.5 Å². The van der Waals surface area contributed by atoms with Crippen molar-refractivity contribution in [2.75, 3.05) is 39.5 Å². The lowest BCUT2D eigenvalue weighted by Gasteiger charge is -2.26. The van der Waals surface area contributed by atoms with Gasteiger partial charge in [-0.2, -0.15) is 0 Å². The van der Waals surface area contributed by atoms with E-state index in [2.05, 4.69) is 4.90 Å². The molecule has 2 heterocycles. The highest BCUT2D eigenvalue weighted by Crippen LogP contribution is 2.26. The molecule has 0 aliphatic carbocycles. The summed E-state index contributed by atoms with van der Waals surface area (Å²) < 4.78 is 11.1. The second-order valence-electron chi connectivity index (χ2n) is 5.73. The van der Waals surface area contributed by atoms with Crippen molar-refractivity contribution in [2.24, 2.45) is 0 Å². The van der Waals surface area contributed by atoms with Gasteiger partial charge in [0.1, 0.15) is 5.75 Å². The van der Waals surface area contributed by atoms with Crippen molar-refractivity contribution < 1.29 is 19.4 Å². The van der Waals surface area contributed by atoms with Gasteiger partial charge in [0.25, 0.3) is 0 Å². The summed E-state index contributed by atoms with van der Waals surface area (Å²) in [5.74, 6) is 0.827. The van der Waals surface area contributed by atoms with Gasteiger partial charge in [0.15, 0.2) is 0 Å². The molecule has 1 fully saturated rings. The average molecular weight is 306 g/mol. The minimum atomic E-state index is -0.871. The summed E-state index contributed by atoms with van der Waals surface area (Å²) in [6.45, 7) is 6.29. The van der Waals surface area contributed by atoms with Crippen molar-refractivity contribution >= 4 is 6.09 Å². The molecule has 1 amide bonds. The van der Waals surface area contributed by atoms with Crippen LogP contribution in [0.5, 0.6) is 5.75 Å². The summed E-state index contributed by atoms with van der Waals surface area (Å²) in [4.78, 5) is 14.8. The van der Waals surface area contributed by atoms with E-state index in [0.717, 1.165) is 56.1 Å². The number of benzene rings is 1. The Kier molecular flexibility index (Phi) is 4.80. The summed E-state index contributed by atoms with van der Waals surface area (Å²) in [7, 11) is 0. The minimum Gasteiger partial charge on any atom is -0.494 e. The van der Waals surface area contributed by atoms with Gasteiger partial charge in [-0.25, -0.2) is 4.79 Å². The van der Waals surface area contributed by atoms with E-state index in [4.69, 9.17) is 14.6 Å². The van der Waals surface area contributed by atoms with E-state index in [-0.39, 0.29) is 0 Å². The lowest BCUT2D eigenvalue weighted by Crippen LogP contribution is -2.37. The molecule has 2 aliphatic heterocycles. The van der Waals surface area contributed by atoms with Crippen LogP contribution >= 0.6 is 0 Å². The molecule has 0 aromatic heterocycles. The van der Waals surface area contributed by atoms with Crippen LogP contribution in [0.4, 0.5) is 4.79 Å². The molecule has 0 saturated carbocycles. The fraction of sp³-hybridized carbons (Fsp3) is 0.562. The minimum absolute atomic E-state index is 0.454. The van der Waals surface area contributed by atoms with Gasteiger partial charge in [-0.1, -0.05) is 6.07 Å². The van der Waals surface area contributed by atoms with Gasteiger partial charge in [0, 0.05) is 32.7 Å². The van der Waals surface area contributed by atoms with Crippen LogP contribution in [0.25, 0.3) is 0 Å². The maximum Gasteiger partial charge on any atom is 0.407 e. The number of amides is 1. The molecule has 0 atom stereocenters. The predicted molar refractivity (Wildman–Crippen MR) is 81.1 cm³/mol. The van der Waals surface area contributed by atoms with Gasteiger partial charge in [-0.15, -0.1) is 0 Å². The quantitative estimate of drug-likeness (QED) is 0.840. The van der Waals surface area contributed by atoms with Crippen molar-refractivity contribution in [3.05, 3.63) is 29.3 Å². The summed E-state index contributed by atoms with van der Waals surface area (Å²) in [5, 5.41) is 9.03. The fourth-order valence-corrected chi connectivity index (χ4v) is 2.90. The first kappa shape index (κ1) is 15.1. The third kappa shape index (κ3) is 3.69. The van der Waals surface area contributed by atoms with Crippen molar-refractivity contribution in [3.63, 3.8) is 0 Å². The first-order chi connectivity index (χ1) is 10.7. The van der Waals surface area contributed by atoms with Crippen molar-refractivity contribution in [3.8, 4) is 5.75 Å². The van der Waals surface area contributed by atoms with E-state index in [0.29, 0.717) is 19.7 Å². The zero-order valence-electron chi connectivity index (χ0n) is 12.7. The van der Waals surface area contributed by atoms with Gasteiger partial charge in [-0.05, 0) is 29.7 Å². The Hall–Kier alpha value is -1.79. The number of ether oxygens (including phenoxy) is 2. The summed E-state index contributed by atoms with van der Waals surface area (Å²) >= 11 is 0. The van der Waals surface area contributed by atoms with Crippen LogP contribution in [0.1, 0.15) is 17.5 Å². The number of rotatable bonds is 5. The molecular weight excluding hydrogens is 284 g/mol. The number of fused-ring (bicyclic) bond motifs is 1. The number of hydrogen-bond acceptors (Lipinski definition) is 4. The molecule has 1 aromatic rings. The molecule has 1 aromatic carbocycles. The maximum atomic E-state index is 11.0. The van der Waals surface area contributed by atoms with Crippen molar-refractivity contribution in [1.29, 1.82) is 0 Å². The number of carbonyl (C=O) groups is 1. The topological polar surface area (TPSA) is 62.2 Å². The summed E-state index contributed by atoms with van der Waals surface area (Å²) in [6.07, 6.45) is 0.113. The van der Waals surface area contributed by atoms with E-state index in [1.54, 1.807) is 0 Å². The molecule has 6 nitrogen and oxygen atoms in total. The summed E-state index contributed by atoms with van der Waals surface area (Å²) in [5.41, 5.74) is 2.12. The molecule has 0 bridgehead atoms. The molecule has 6 heteroatoms. The van der Waals surface area contributed by atoms with Gasteiger partial charge in [0.2, 0.25) is 0 Å². The molecule has 2 aliphatic rings. The van der Waals surface area contributed by atoms with Gasteiger partial charge in [-0.3, -0.25) is 9.80 Å². The first-order valence-corrected chi connectivity index (χ1v) is 7.75. The first-order valence-electron chi connectivity index (χ1n) is 7.75. The molecule has 3 rings (SSSR count). The highest BCUT2D eigenvalue weighted by atomic mass is 16.5. The van der Waals surface area contributed by atoms with Crippen LogP contribution in [0, 0.1) is 0 Å². The second kappa shape index (κ2) is 6.98. The number of morpholine rings is 1. The fourth-order valence-electron chi connectivity index (χ4n) is 2.90. The number of hydrogen-bond donors (Lipinski definition) is 1. The Labute approximate surface area is 130 Å². The standard InChI is InChI=1S/C16H22N2O4/c19-16(20)18-11-13-2-3-15(10-14(13)12-18)22-7-1-4-17-5-8-21-9-6-17/h2-3,10H,1,4-9,11-12H2,(H,19,20). The van der Waals surface area contributed by atoms with Crippen molar-refractivity contribution in [1.82, 2.24) is 9.80 Å². The Morgan fingerprint density at radius 3 is 2.77 bits per heavy atom. The SMILES string of the molecule is O=C(O)N1Cc2ccc(OCCCN3CCOCC3)cc2C1. The van der Waals surface area contributed by atoms with Crippen LogP contribution in [0.3, 0.4) is 0 Å². The lowest BCUT2D eigenvalue weighted by molar-refractivity contribution is 0.0358. The smallest absolute Gasteiger partial charge is 0.407 e.